The first-order valence-corrected chi connectivity index (χ1v) is 7.22. The minimum atomic E-state index is -0.451. The predicted molar refractivity (Wildman–Crippen MR) is 73.3 cm³/mol. The van der Waals surface area contributed by atoms with Crippen molar-refractivity contribution in [3.05, 3.63) is 38.3 Å². The molecule has 2 rings (SSSR count). The van der Waals surface area contributed by atoms with Crippen LogP contribution in [0.5, 0.6) is 0 Å². The van der Waals surface area contributed by atoms with E-state index in [0.29, 0.717) is 6.42 Å². The van der Waals surface area contributed by atoms with E-state index >= 15 is 0 Å². The van der Waals surface area contributed by atoms with Crippen LogP contribution in [0.15, 0.2) is 22.0 Å². The van der Waals surface area contributed by atoms with Crippen LogP contribution in [0.3, 0.4) is 0 Å². The number of halogens is 1. The lowest BCUT2D eigenvalue weighted by Gasteiger charge is -2.09. The van der Waals surface area contributed by atoms with E-state index in [1.165, 1.54) is 0 Å². The largest absolute Gasteiger partial charge is 0.387 e. The molecule has 0 radical (unpaired) electrons. The first-order chi connectivity index (χ1) is 8.10. The summed E-state index contributed by atoms with van der Waals surface area (Å²) >= 11 is 4.97. The fourth-order valence-electron chi connectivity index (χ4n) is 1.84. The predicted octanol–water partition coefficient (Wildman–Crippen LogP) is 3.31. The highest BCUT2D eigenvalue weighted by atomic mass is 79.9. The number of rotatable bonds is 4. The van der Waals surface area contributed by atoms with Crippen LogP contribution in [0.25, 0.3) is 0 Å². The number of aryl methyl sites for hydroxylation is 2. The number of nitrogens with zero attached hydrogens (tertiary/aromatic N) is 2. The lowest BCUT2D eigenvalue weighted by Crippen LogP contribution is -2.07. The number of aromatic nitrogens is 2. The zero-order valence-corrected chi connectivity index (χ0v) is 12.3. The van der Waals surface area contributed by atoms with Gasteiger partial charge < -0.3 is 5.11 Å². The molecule has 1 N–H and O–H groups in total. The molecule has 0 bridgehead atoms. The Kier molecular flexibility index (Phi) is 4.01. The molecule has 0 amide bonds. The Morgan fingerprint density at radius 2 is 2.29 bits per heavy atom. The maximum Gasteiger partial charge on any atom is 0.0937 e. The zero-order valence-electron chi connectivity index (χ0n) is 9.85. The summed E-state index contributed by atoms with van der Waals surface area (Å²) in [6.07, 6.45) is 0.162. The molecule has 2 heterocycles. The molecule has 92 valence electrons. The summed E-state index contributed by atoms with van der Waals surface area (Å²) in [7, 11) is 0. The van der Waals surface area contributed by atoms with Crippen LogP contribution in [0.1, 0.15) is 29.3 Å². The number of hydrogen-bond donors (Lipinski definition) is 1. The van der Waals surface area contributed by atoms with Crippen molar-refractivity contribution in [3.63, 3.8) is 0 Å². The van der Waals surface area contributed by atoms with Crippen LogP contribution in [0.2, 0.25) is 0 Å². The molecule has 0 saturated carbocycles. The van der Waals surface area contributed by atoms with Gasteiger partial charge >= 0.3 is 0 Å². The van der Waals surface area contributed by atoms with Crippen LogP contribution < -0.4 is 0 Å². The van der Waals surface area contributed by atoms with Crippen molar-refractivity contribution in [2.75, 3.05) is 0 Å². The SMILES string of the molecule is CCn1nc(C)cc1CC(O)c1cc(Br)cs1. The van der Waals surface area contributed by atoms with Crippen LogP contribution in [0.4, 0.5) is 0 Å². The molecule has 1 atom stereocenters. The first kappa shape index (κ1) is 12.8. The van der Waals surface area contributed by atoms with Crippen LogP contribution in [-0.2, 0) is 13.0 Å². The average molecular weight is 315 g/mol. The highest BCUT2D eigenvalue weighted by Crippen LogP contribution is 2.27. The molecule has 0 fully saturated rings. The number of aliphatic hydroxyl groups is 1. The van der Waals surface area contributed by atoms with E-state index < -0.39 is 6.10 Å². The van der Waals surface area contributed by atoms with Crippen molar-refractivity contribution in [3.8, 4) is 0 Å². The second-order valence-electron chi connectivity index (χ2n) is 3.98. The second kappa shape index (κ2) is 5.33. The summed E-state index contributed by atoms with van der Waals surface area (Å²) in [6, 6.07) is 4.00. The fraction of sp³-hybridized carbons (Fsp3) is 0.417. The van der Waals surface area contributed by atoms with Gasteiger partial charge in [-0.25, -0.2) is 0 Å². The van der Waals surface area contributed by atoms with E-state index in [4.69, 9.17) is 0 Å². The molecule has 0 spiro atoms. The molecule has 2 aromatic rings. The van der Waals surface area contributed by atoms with E-state index in [1.807, 2.05) is 29.1 Å². The van der Waals surface area contributed by atoms with Crippen molar-refractivity contribution < 1.29 is 5.11 Å². The zero-order chi connectivity index (χ0) is 12.4. The molecule has 0 aliphatic rings. The van der Waals surface area contributed by atoms with Crippen molar-refractivity contribution in [2.24, 2.45) is 0 Å². The summed E-state index contributed by atoms with van der Waals surface area (Å²) in [5, 5.41) is 16.5. The van der Waals surface area contributed by atoms with E-state index in [2.05, 4.69) is 28.0 Å². The smallest absolute Gasteiger partial charge is 0.0937 e. The molecule has 0 aromatic carbocycles. The van der Waals surface area contributed by atoms with E-state index in [0.717, 1.165) is 27.3 Å². The monoisotopic (exact) mass is 314 g/mol. The second-order valence-corrected chi connectivity index (χ2v) is 5.84. The van der Waals surface area contributed by atoms with E-state index in [-0.39, 0.29) is 0 Å². The Labute approximate surface area is 113 Å². The topological polar surface area (TPSA) is 38.0 Å². The third-order valence-corrected chi connectivity index (χ3v) is 4.40. The lowest BCUT2D eigenvalue weighted by atomic mass is 10.1. The summed E-state index contributed by atoms with van der Waals surface area (Å²) in [6.45, 7) is 4.87. The average Bonchev–Trinajstić information content (AvgIpc) is 2.85. The Bertz CT molecular complexity index is 506. The van der Waals surface area contributed by atoms with Gasteiger partial charge in [-0.15, -0.1) is 11.3 Å². The highest BCUT2D eigenvalue weighted by Gasteiger charge is 2.14. The van der Waals surface area contributed by atoms with Gasteiger partial charge in [0.15, 0.2) is 0 Å². The van der Waals surface area contributed by atoms with Crippen LogP contribution in [0, 0.1) is 6.92 Å². The molecular formula is C12H15BrN2OS. The van der Waals surface area contributed by atoms with Gasteiger partial charge in [0.05, 0.1) is 11.8 Å². The molecule has 0 saturated heterocycles. The first-order valence-electron chi connectivity index (χ1n) is 5.55. The number of aliphatic hydroxyl groups excluding tert-OH is 1. The summed E-state index contributed by atoms with van der Waals surface area (Å²) in [5.74, 6) is 0. The molecule has 17 heavy (non-hydrogen) atoms. The van der Waals surface area contributed by atoms with Crippen molar-refractivity contribution in [1.82, 2.24) is 9.78 Å². The molecule has 3 nitrogen and oxygen atoms in total. The van der Waals surface area contributed by atoms with Gasteiger partial charge in [-0.05, 0) is 41.9 Å². The summed E-state index contributed by atoms with van der Waals surface area (Å²) in [4.78, 5) is 0.985. The lowest BCUT2D eigenvalue weighted by molar-refractivity contribution is 0.179. The molecule has 2 aromatic heterocycles. The Hall–Kier alpha value is -0.650. The maximum atomic E-state index is 10.2. The number of thiophene rings is 1. The molecule has 0 aliphatic heterocycles. The van der Waals surface area contributed by atoms with Gasteiger partial charge in [0.2, 0.25) is 0 Å². The molecule has 1 unspecified atom stereocenters. The third-order valence-electron chi connectivity index (χ3n) is 2.60. The Balaban J connectivity index is 2.14. The summed E-state index contributed by atoms with van der Waals surface area (Å²) < 4.78 is 2.97. The maximum absolute atomic E-state index is 10.2. The standard InChI is InChI=1S/C12H15BrN2OS/c1-3-15-10(4-8(2)14-15)6-11(16)12-5-9(13)7-17-12/h4-5,7,11,16H,3,6H2,1-2H3. The van der Waals surface area contributed by atoms with Crippen molar-refractivity contribution in [1.29, 1.82) is 0 Å². The Morgan fingerprint density at radius 1 is 1.53 bits per heavy atom. The van der Waals surface area contributed by atoms with Crippen molar-refractivity contribution in [2.45, 2.75) is 32.9 Å². The normalized spacial score (nSPS) is 12.9. The minimum absolute atomic E-state index is 0.451. The molecule has 0 aliphatic carbocycles. The highest BCUT2D eigenvalue weighted by molar-refractivity contribution is 9.10. The van der Waals surface area contributed by atoms with Gasteiger partial charge in [0.1, 0.15) is 0 Å². The molecular weight excluding hydrogens is 300 g/mol. The number of hydrogen-bond acceptors (Lipinski definition) is 3. The minimum Gasteiger partial charge on any atom is -0.387 e. The fourth-order valence-corrected chi connectivity index (χ4v) is 3.27. The van der Waals surface area contributed by atoms with Gasteiger partial charge in [0, 0.05) is 33.4 Å². The van der Waals surface area contributed by atoms with Crippen LogP contribution >= 0.6 is 27.3 Å². The Morgan fingerprint density at radius 3 is 2.88 bits per heavy atom. The van der Waals surface area contributed by atoms with Crippen LogP contribution in [-0.4, -0.2) is 14.9 Å². The van der Waals surface area contributed by atoms with Gasteiger partial charge in [-0.2, -0.15) is 5.10 Å². The summed E-state index contributed by atoms with van der Waals surface area (Å²) in [5.41, 5.74) is 2.09. The quantitative estimate of drug-likeness (QED) is 0.940. The van der Waals surface area contributed by atoms with Gasteiger partial charge in [-0.1, -0.05) is 0 Å². The molecule has 5 heteroatoms. The third kappa shape index (κ3) is 2.97. The van der Waals surface area contributed by atoms with Gasteiger partial charge in [-0.3, -0.25) is 4.68 Å². The van der Waals surface area contributed by atoms with Gasteiger partial charge in [0.25, 0.3) is 0 Å². The van der Waals surface area contributed by atoms with E-state index in [9.17, 15) is 5.11 Å². The van der Waals surface area contributed by atoms with Crippen molar-refractivity contribution >= 4 is 27.3 Å². The van der Waals surface area contributed by atoms with E-state index in [1.54, 1.807) is 11.3 Å².